The van der Waals surface area contributed by atoms with Gasteiger partial charge in [0.25, 0.3) is 0 Å². The van der Waals surface area contributed by atoms with Gasteiger partial charge in [-0.1, -0.05) is 0 Å². The molecule has 78 valence electrons. The second kappa shape index (κ2) is 3.47. The van der Waals surface area contributed by atoms with Gasteiger partial charge in [-0.2, -0.15) is 0 Å². The summed E-state index contributed by atoms with van der Waals surface area (Å²) in [5, 5.41) is 0. The lowest BCUT2D eigenvalue weighted by atomic mass is 10.3. The molecule has 0 aliphatic carbocycles. The molecule has 0 aromatic carbocycles. The molecule has 0 spiro atoms. The van der Waals surface area contributed by atoms with Gasteiger partial charge in [-0.25, -0.2) is 8.42 Å². The van der Waals surface area contributed by atoms with Gasteiger partial charge in [-0.05, 0) is 18.2 Å². The second-order valence-corrected chi connectivity index (χ2v) is 4.85. The molecule has 0 unspecified atom stereocenters. The van der Waals surface area contributed by atoms with Crippen LogP contribution in [0.15, 0.2) is 30.6 Å². The Morgan fingerprint density at radius 2 is 2.00 bits per heavy atom. The fourth-order valence-corrected chi connectivity index (χ4v) is 1.83. The van der Waals surface area contributed by atoms with Crippen LogP contribution < -0.4 is 4.72 Å². The third-order valence-corrected chi connectivity index (χ3v) is 2.38. The van der Waals surface area contributed by atoms with Crippen LogP contribution in [0.1, 0.15) is 0 Å². The molecule has 15 heavy (non-hydrogen) atoms. The third-order valence-electron chi connectivity index (χ3n) is 1.79. The van der Waals surface area contributed by atoms with E-state index in [1.807, 2.05) is 0 Å². The van der Waals surface area contributed by atoms with Crippen LogP contribution in [0.2, 0.25) is 0 Å². The van der Waals surface area contributed by atoms with Crippen molar-refractivity contribution in [2.45, 2.75) is 0 Å². The first-order valence-corrected chi connectivity index (χ1v) is 6.13. The van der Waals surface area contributed by atoms with Crippen LogP contribution >= 0.6 is 0 Å². The maximum atomic E-state index is 11.1. The molecule has 0 aliphatic rings. The predicted molar refractivity (Wildman–Crippen MR) is 58.0 cm³/mol. The number of nitrogens with one attached hydrogen (secondary N) is 1. The summed E-state index contributed by atoms with van der Waals surface area (Å²) in [6, 6.07) is 5.10. The van der Waals surface area contributed by atoms with Crippen molar-refractivity contribution >= 4 is 26.7 Å². The zero-order valence-electron chi connectivity index (χ0n) is 8.01. The van der Waals surface area contributed by atoms with E-state index < -0.39 is 10.0 Å². The molecule has 2 aromatic heterocycles. The molecule has 0 bridgehead atoms. The second-order valence-electron chi connectivity index (χ2n) is 3.10. The Labute approximate surface area is 87.2 Å². The molecule has 5 nitrogen and oxygen atoms in total. The van der Waals surface area contributed by atoms with E-state index in [9.17, 15) is 8.42 Å². The van der Waals surface area contributed by atoms with Crippen LogP contribution in [-0.2, 0) is 10.0 Å². The number of anilines is 1. The number of hydrogen-bond acceptors (Lipinski definition) is 4. The summed E-state index contributed by atoms with van der Waals surface area (Å²) in [5.74, 6) is 0. The first-order chi connectivity index (χ1) is 7.06. The SMILES string of the molecule is CS(=O)(=O)Nc1ccnc2cccnc12. The molecule has 2 rings (SSSR count). The minimum absolute atomic E-state index is 0.447. The Bertz CT molecular complexity index is 590. The van der Waals surface area contributed by atoms with Crippen LogP contribution in [0.4, 0.5) is 5.69 Å². The molecule has 0 saturated carbocycles. The van der Waals surface area contributed by atoms with E-state index in [1.54, 1.807) is 24.4 Å². The lowest BCUT2D eigenvalue weighted by molar-refractivity contribution is 0.607. The van der Waals surface area contributed by atoms with Crippen molar-refractivity contribution < 1.29 is 8.42 Å². The summed E-state index contributed by atoms with van der Waals surface area (Å²) in [6.45, 7) is 0. The number of sulfonamides is 1. The molecule has 1 N–H and O–H groups in total. The van der Waals surface area contributed by atoms with Crippen LogP contribution in [0.5, 0.6) is 0 Å². The van der Waals surface area contributed by atoms with Crippen molar-refractivity contribution in [2.24, 2.45) is 0 Å². The molecule has 0 radical (unpaired) electrons. The largest absolute Gasteiger partial charge is 0.281 e. The summed E-state index contributed by atoms with van der Waals surface area (Å²) >= 11 is 0. The van der Waals surface area contributed by atoms with Gasteiger partial charge in [0.1, 0.15) is 5.52 Å². The molecular formula is C9H9N3O2S. The molecule has 6 heteroatoms. The Balaban J connectivity index is 2.61. The van der Waals surface area contributed by atoms with Gasteiger partial charge >= 0.3 is 0 Å². The number of fused-ring (bicyclic) bond motifs is 1. The highest BCUT2D eigenvalue weighted by molar-refractivity contribution is 7.92. The van der Waals surface area contributed by atoms with Crippen molar-refractivity contribution in [2.75, 3.05) is 11.0 Å². The number of nitrogens with zero attached hydrogens (tertiary/aromatic N) is 2. The lowest BCUT2D eigenvalue weighted by Crippen LogP contribution is -2.10. The third kappa shape index (κ3) is 2.21. The van der Waals surface area contributed by atoms with Gasteiger partial charge < -0.3 is 0 Å². The molecule has 0 saturated heterocycles. The number of aromatic nitrogens is 2. The number of pyridine rings is 2. The number of hydrogen-bond donors (Lipinski definition) is 1. The van der Waals surface area contributed by atoms with Crippen LogP contribution in [0.25, 0.3) is 11.0 Å². The van der Waals surface area contributed by atoms with Gasteiger partial charge in [0.05, 0.1) is 17.5 Å². The van der Waals surface area contributed by atoms with Crippen LogP contribution in [0.3, 0.4) is 0 Å². The van der Waals surface area contributed by atoms with Gasteiger partial charge in [-0.3, -0.25) is 14.7 Å². The summed E-state index contributed by atoms with van der Waals surface area (Å²) < 4.78 is 24.6. The standard InChI is InChI=1S/C9H9N3O2S/c1-15(13,14)12-8-4-6-10-7-3-2-5-11-9(7)8/h2-6H,1H3,(H,10,12). The van der Waals surface area contributed by atoms with E-state index in [1.165, 1.54) is 6.20 Å². The predicted octanol–water partition coefficient (Wildman–Crippen LogP) is 1.00. The molecule has 0 atom stereocenters. The van der Waals surface area contributed by atoms with E-state index in [0.29, 0.717) is 16.7 Å². The molecule has 0 amide bonds. The zero-order chi connectivity index (χ0) is 10.9. The van der Waals surface area contributed by atoms with E-state index in [4.69, 9.17) is 0 Å². The summed E-state index contributed by atoms with van der Waals surface area (Å²) in [6.07, 6.45) is 4.23. The van der Waals surface area contributed by atoms with Gasteiger partial charge in [0, 0.05) is 12.4 Å². The fourth-order valence-electron chi connectivity index (χ4n) is 1.26. The van der Waals surface area contributed by atoms with Crippen molar-refractivity contribution in [3.05, 3.63) is 30.6 Å². The Morgan fingerprint density at radius 3 is 2.73 bits per heavy atom. The zero-order valence-corrected chi connectivity index (χ0v) is 8.82. The first kappa shape index (κ1) is 9.85. The Hall–Kier alpha value is -1.69. The van der Waals surface area contributed by atoms with E-state index in [2.05, 4.69) is 14.7 Å². The van der Waals surface area contributed by atoms with Crippen molar-refractivity contribution in [1.29, 1.82) is 0 Å². The summed E-state index contributed by atoms with van der Waals surface area (Å²) in [4.78, 5) is 8.15. The Morgan fingerprint density at radius 1 is 1.20 bits per heavy atom. The fraction of sp³-hybridized carbons (Fsp3) is 0.111. The van der Waals surface area contributed by atoms with Crippen LogP contribution in [0, 0.1) is 0 Å². The van der Waals surface area contributed by atoms with E-state index in [0.717, 1.165) is 6.26 Å². The Kier molecular flexibility index (Phi) is 2.28. The smallest absolute Gasteiger partial charge is 0.229 e. The van der Waals surface area contributed by atoms with Gasteiger partial charge in [0.15, 0.2) is 0 Å². The highest BCUT2D eigenvalue weighted by atomic mass is 32.2. The molecule has 0 fully saturated rings. The average molecular weight is 223 g/mol. The van der Waals surface area contributed by atoms with Crippen molar-refractivity contribution in [3.63, 3.8) is 0 Å². The highest BCUT2D eigenvalue weighted by Crippen LogP contribution is 2.18. The highest BCUT2D eigenvalue weighted by Gasteiger charge is 2.06. The summed E-state index contributed by atoms with van der Waals surface area (Å²) in [5.41, 5.74) is 1.65. The first-order valence-electron chi connectivity index (χ1n) is 4.24. The minimum atomic E-state index is -3.29. The minimum Gasteiger partial charge on any atom is -0.281 e. The maximum Gasteiger partial charge on any atom is 0.229 e. The summed E-state index contributed by atoms with van der Waals surface area (Å²) in [7, 11) is -3.29. The van der Waals surface area contributed by atoms with Gasteiger partial charge in [-0.15, -0.1) is 0 Å². The number of rotatable bonds is 2. The monoisotopic (exact) mass is 223 g/mol. The topological polar surface area (TPSA) is 72.0 Å². The molecular weight excluding hydrogens is 214 g/mol. The average Bonchev–Trinajstić information content (AvgIpc) is 2.16. The van der Waals surface area contributed by atoms with Gasteiger partial charge in [0.2, 0.25) is 10.0 Å². The lowest BCUT2D eigenvalue weighted by Gasteiger charge is -2.05. The molecule has 2 aromatic rings. The molecule has 2 heterocycles. The van der Waals surface area contributed by atoms with E-state index >= 15 is 0 Å². The van der Waals surface area contributed by atoms with Crippen molar-refractivity contribution in [1.82, 2.24) is 9.97 Å². The molecule has 0 aliphatic heterocycles. The van der Waals surface area contributed by atoms with Crippen LogP contribution in [-0.4, -0.2) is 24.6 Å². The normalized spacial score (nSPS) is 11.5. The maximum absolute atomic E-state index is 11.1. The van der Waals surface area contributed by atoms with Crippen molar-refractivity contribution in [3.8, 4) is 0 Å². The van der Waals surface area contributed by atoms with E-state index in [-0.39, 0.29) is 0 Å². The quantitative estimate of drug-likeness (QED) is 0.824.